The van der Waals surface area contributed by atoms with Gasteiger partial charge in [-0.2, -0.15) is 0 Å². The summed E-state index contributed by atoms with van der Waals surface area (Å²) in [4.78, 5) is 27.2. The zero-order valence-electron chi connectivity index (χ0n) is 18.2. The number of furan rings is 1. The Labute approximate surface area is 192 Å². The highest BCUT2D eigenvalue weighted by molar-refractivity contribution is 7.89. The van der Waals surface area contributed by atoms with E-state index in [1.807, 2.05) is 31.2 Å². The first-order chi connectivity index (χ1) is 15.8. The maximum Gasteiger partial charge on any atom is 0.338 e. The summed E-state index contributed by atoms with van der Waals surface area (Å²) < 4.78 is 37.8. The molecule has 4 rings (SSSR count). The van der Waals surface area contributed by atoms with Gasteiger partial charge in [0, 0.05) is 11.7 Å². The molecule has 1 aliphatic rings. The molecule has 2 unspecified atom stereocenters. The van der Waals surface area contributed by atoms with Gasteiger partial charge >= 0.3 is 5.97 Å². The van der Waals surface area contributed by atoms with Crippen LogP contribution in [0.3, 0.4) is 0 Å². The second-order valence-electron chi connectivity index (χ2n) is 7.87. The molecule has 2 atom stereocenters. The lowest BCUT2D eigenvalue weighted by atomic mass is 10.1. The molecule has 172 valence electrons. The lowest BCUT2D eigenvalue weighted by molar-refractivity contribution is -0.126. The fraction of sp³-hybridized carbons (Fsp3) is 0.250. The normalized spacial score (nSPS) is 16.3. The van der Waals surface area contributed by atoms with E-state index >= 15 is 0 Å². The zero-order chi connectivity index (χ0) is 23.6. The number of amides is 1. The number of para-hydroxylation sites is 1. The van der Waals surface area contributed by atoms with Gasteiger partial charge in [-0.15, -0.1) is 0 Å². The molecule has 3 aromatic rings. The molecule has 0 aliphatic carbocycles. The summed E-state index contributed by atoms with van der Waals surface area (Å²) in [5, 5.41) is 0. The van der Waals surface area contributed by atoms with Crippen LogP contribution >= 0.6 is 0 Å². The number of fused-ring (bicyclic) bond motifs is 1. The number of anilines is 1. The average molecular weight is 469 g/mol. The fourth-order valence-electron chi connectivity index (χ4n) is 3.81. The Morgan fingerprint density at radius 1 is 1.12 bits per heavy atom. The van der Waals surface area contributed by atoms with Crippen molar-refractivity contribution in [1.82, 2.24) is 4.72 Å². The molecule has 1 N–H and O–H groups in total. The summed E-state index contributed by atoms with van der Waals surface area (Å²) in [6.07, 6.45) is 1.20. The molecule has 2 heterocycles. The Morgan fingerprint density at radius 2 is 1.85 bits per heavy atom. The van der Waals surface area contributed by atoms with Crippen molar-refractivity contribution in [2.45, 2.75) is 43.9 Å². The first-order valence-electron chi connectivity index (χ1n) is 10.5. The molecule has 0 bridgehead atoms. The molecule has 8 nitrogen and oxygen atoms in total. The van der Waals surface area contributed by atoms with Crippen LogP contribution in [0.2, 0.25) is 0 Å². The number of nitrogens with one attached hydrogen (secondary N) is 1. The van der Waals surface area contributed by atoms with Crippen LogP contribution in [0.25, 0.3) is 0 Å². The Bertz CT molecular complexity index is 1250. The molecule has 1 aromatic heterocycles. The number of benzene rings is 2. The van der Waals surface area contributed by atoms with E-state index in [1.165, 1.54) is 37.5 Å². The van der Waals surface area contributed by atoms with Crippen molar-refractivity contribution in [2.24, 2.45) is 0 Å². The van der Waals surface area contributed by atoms with E-state index in [0.717, 1.165) is 17.7 Å². The molecule has 9 heteroatoms. The number of rotatable bonds is 7. The van der Waals surface area contributed by atoms with Crippen LogP contribution in [0.4, 0.5) is 5.69 Å². The number of hydrogen-bond donors (Lipinski definition) is 1. The van der Waals surface area contributed by atoms with Gasteiger partial charge in [0.2, 0.25) is 10.0 Å². The van der Waals surface area contributed by atoms with E-state index in [-0.39, 0.29) is 29.0 Å². The maximum atomic E-state index is 13.0. The quantitative estimate of drug-likeness (QED) is 0.534. The minimum absolute atomic E-state index is 0.00257. The van der Waals surface area contributed by atoms with Crippen molar-refractivity contribution in [2.75, 3.05) is 4.90 Å². The van der Waals surface area contributed by atoms with Crippen molar-refractivity contribution in [3.05, 3.63) is 83.8 Å². The van der Waals surface area contributed by atoms with Crippen LogP contribution in [-0.2, 0) is 32.5 Å². The summed E-state index contributed by atoms with van der Waals surface area (Å²) in [6.45, 7) is 3.49. The Kier molecular flexibility index (Phi) is 6.35. The summed E-state index contributed by atoms with van der Waals surface area (Å²) in [7, 11) is -3.78. The third-order valence-corrected chi connectivity index (χ3v) is 6.91. The molecule has 1 aliphatic heterocycles. The molecule has 0 radical (unpaired) electrons. The van der Waals surface area contributed by atoms with Crippen molar-refractivity contribution in [1.29, 1.82) is 0 Å². The van der Waals surface area contributed by atoms with Crippen LogP contribution in [-0.4, -0.2) is 32.4 Å². The van der Waals surface area contributed by atoms with Crippen LogP contribution < -0.4 is 9.62 Å². The van der Waals surface area contributed by atoms with Gasteiger partial charge in [-0.3, -0.25) is 4.79 Å². The van der Waals surface area contributed by atoms with Crippen LogP contribution in [0.5, 0.6) is 0 Å². The summed E-state index contributed by atoms with van der Waals surface area (Å²) in [5.74, 6) is -0.530. The van der Waals surface area contributed by atoms with E-state index in [0.29, 0.717) is 5.76 Å². The highest BCUT2D eigenvalue weighted by Crippen LogP contribution is 2.32. The third kappa shape index (κ3) is 4.84. The third-order valence-electron chi connectivity index (χ3n) is 5.49. The van der Waals surface area contributed by atoms with Crippen LogP contribution in [0.1, 0.15) is 35.5 Å². The van der Waals surface area contributed by atoms with Gasteiger partial charge in [-0.05, 0) is 68.3 Å². The number of nitrogens with zero attached hydrogens (tertiary/aromatic N) is 1. The van der Waals surface area contributed by atoms with E-state index < -0.39 is 22.1 Å². The second kappa shape index (κ2) is 9.21. The van der Waals surface area contributed by atoms with E-state index in [1.54, 1.807) is 17.0 Å². The fourth-order valence-corrected chi connectivity index (χ4v) is 4.80. The molecule has 33 heavy (non-hydrogen) atoms. The first kappa shape index (κ1) is 22.8. The zero-order valence-corrected chi connectivity index (χ0v) is 19.0. The average Bonchev–Trinajstić information content (AvgIpc) is 3.44. The molecular weight excluding hydrogens is 444 g/mol. The second-order valence-corrected chi connectivity index (χ2v) is 9.63. The van der Waals surface area contributed by atoms with Gasteiger partial charge < -0.3 is 14.1 Å². The van der Waals surface area contributed by atoms with E-state index in [9.17, 15) is 18.0 Å². The largest absolute Gasteiger partial charge is 0.468 e. The summed E-state index contributed by atoms with van der Waals surface area (Å²) in [5.41, 5.74) is 2.05. The number of hydrogen-bond acceptors (Lipinski definition) is 6. The molecule has 1 amide bonds. The number of sulfonamides is 1. The molecule has 0 spiro atoms. The Morgan fingerprint density at radius 3 is 2.55 bits per heavy atom. The molecule has 0 saturated heterocycles. The minimum atomic E-state index is -3.78. The van der Waals surface area contributed by atoms with Gasteiger partial charge in [0.05, 0.1) is 23.3 Å². The number of esters is 1. The first-order valence-corrected chi connectivity index (χ1v) is 12.0. The van der Waals surface area contributed by atoms with Crippen LogP contribution in [0, 0.1) is 0 Å². The highest BCUT2D eigenvalue weighted by atomic mass is 32.2. The SMILES string of the molecule is CC(OC(=O)c1ccc(S(=O)(=O)NCc2ccco2)cc1)C(=O)N1c2ccccc2CC1C. The van der Waals surface area contributed by atoms with E-state index in [4.69, 9.17) is 9.15 Å². The van der Waals surface area contributed by atoms with Gasteiger partial charge in [-0.25, -0.2) is 17.9 Å². The molecule has 0 fully saturated rings. The van der Waals surface area contributed by atoms with Gasteiger partial charge in [0.15, 0.2) is 6.10 Å². The smallest absolute Gasteiger partial charge is 0.338 e. The number of carbonyl (C=O) groups excluding carboxylic acids is 2. The number of ether oxygens (including phenoxy) is 1. The maximum absolute atomic E-state index is 13.0. The molecule has 0 saturated carbocycles. The minimum Gasteiger partial charge on any atom is -0.468 e. The molecule has 2 aromatic carbocycles. The lowest BCUT2D eigenvalue weighted by Gasteiger charge is -2.26. The standard InChI is InChI=1S/C24H24N2O6S/c1-16-14-19-6-3-4-8-22(19)26(16)23(27)17(2)32-24(28)18-9-11-21(12-10-18)33(29,30)25-15-20-7-5-13-31-20/h3-13,16-17,25H,14-15H2,1-2H3. The van der Waals surface area contributed by atoms with Gasteiger partial charge in [0.1, 0.15) is 5.76 Å². The van der Waals surface area contributed by atoms with Crippen molar-refractivity contribution in [3.8, 4) is 0 Å². The van der Waals surface area contributed by atoms with Crippen molar-refractivity contribution < 1.29 is 27.2 Å². The Balaban J connectivity index is 1.40. The highest BCUT2D eigenvalue weighted by Gasteiger charge is 2.34. The Hall–Kier alpha value is -3.43. The van der Waals surface area contributed by atoms with Gasteiger partial charge in [0.25, 0.3) is 5.91 Å². The van der Waals surface area contributed by atoms with Crippen molar-refractivity contribution >= 4 is 27.6 Å². The van der Waals surface area contributed by atoms with Gasteiger partial charge in [-0.1, -0.05) is 18.2 Å². The monoisotopic (exact) mass is 468 g/mol. The lowest BCUT2D eigenvalue weighted by Crippen LogP contribution is -2.43. The van der Waals surface area contributed by atoms with Crippen molar-refractivity contribution in [3.63, 3.8) is 0 Å². The van der Waals surface area contributed by atoms with Crippen LogP contribution in [0.15, 0.2) is 76.2 Å². The van der Waals surface area contributed by atoms with E-state index in [2.05, 4.69) is 4.72 Å². The topological polar surface area (TPSA) is 106 Å². The predicted octanol–water partition coefficient (Wildman–Crippen LogP) is 3.28. The number of carbonyl (C=O) groups is 2. The molecular formula is C24H24N2O6S. The predicted molar refractivity (Wildman–Crippen MR) is 121 cm³/mol. The summed E-state index contributed by atoms with van der Waals surface area (Å²) >= 11 is 0. The summed E-state index contributed by atoms with van der Waals surface area (Å²) in [6, 6.07) is 16.3.